The van der Waals surface area contributed by atoms with Crippen molar-refractivity contribution in [2.45, 2.75) is 12.5 Å². The van der Waals surface area contributed by atoms with Crippen LogP contribution in [0.4, 0.5) is 5.13 Å². The highest BCUT2D eigenvalue weighted by Crippen LogP contribution is 2.38. The highest BCUT2D eigenvalue weighted by molar-refractivity contribution is 7.14. The first-order valence-corrected chi connectivity index (χ1v) is 12.6. The summed E-state index contributed by atoms with van der Waals surface area (Å²) in [5, 5.41) is 23.9. The molecule has 36 heavy (non-hydrogen) atoms. The van der Waals surface area contributed by atoms with Gasteiger partial charge in [-0.2, -0.15) is 10.2 Å². The van der Waals surface area contributed by atoms with Crippen molar-refractivity contribution in [3.63, 3.8) is 0 Å². The Morgan fingerprint density at radius 1 is 1.08 bits per heavy atom. The number of phenols is 1. The molecule has 0 aliphatic carbocycles. The number of anilines is 1. The first-order valence-electron chi connectivity index (χ1n) is 10.9. The van der Waals surface area contributed by atoms with Gasteiger partial charge < -0.3 is 5.11 Å². The number of hydrogen-bond donors (Lipinski definition) is 2. The zero-order chi connectivity index (χ0) is 25.1. The highest BCUT2D eigenvalue weighted by atomic mass is 35.5. The van der Waals surface area contributed by atoms with Crippen molar-refractivity contribution in [3.05, 3.63) is 111 Å². The normalized spacial score (nSPS) is 15.3. The lowest BCUT2D eigenvalue weighted by atomic mass is 9.99. The van der Waals surface area contributed by atoms with Crippen LogP contribution in [0.25, 0.3) is 0 Å². The molecule has 2 heterocycles. The Kier molecular flexibility index (Phi) is 6.99. The van der Waals surface area contributed by atoms with E-state index in [0.717, 1.165) is 16.8 Å². The average Bonchev–Trinajstić information content (AvgIpc) is 3.54. The molecule has 0 saturated carbocycles. The van der Waals surface area contributed by atoms with E-state index in [1.54, 1.807) is 17.5 Å². The van der Waals surface area contributed by atoms with Crippen LogP contribution < -0.4 is 10.4 Å². The lowest BCUT2D eigenvalue weighted by Crippen LogP contribution is -2.20. The second-order valence-electron chi connectivity index (χ2n) is 7.95. The Bertz CT molecular complexity index is 1450. The molecule has 0 bridgehead atoms. The summed E-state index contributed by atoms with van der Waals surface area (Å²) in [6.07, 6.45) is 2.02. The molecule has 0 radical (unpaired) electrons. The molecule has 3 aromatic carbocycles. The lowest BCUT2D eigenvalue weighted by molar-refractivity contribution is 0.0951. The standard InChI is InChI=1S/C26H19Cl2N5O2S/c27-19-9-6-17(7-10-19)23-13-21(16-4-2-1-3-5-16)32-33(23)26-30-22(15-36-26)25(35)31-29-14-18-8-11-20(28)12-24(18)34/h1-12,14-15,23,34H,13H2,(H,31,35). The van der Waals surface area contributed by atoms with Crippen LogP contribution in [0.3, 0.4) is 0 Å². The fraction of sp³-hybridized carbons (Fsp3) is 0.0769. The minimum atomic E-state index is -0.475. The monoisotopic (exact) mass is 535 g/mol. The summed E-state index contributed by atoms with van der Waals surface area (Å²) >= 11 is 13.3. The van der Waals surface area contributed by atoms with Crippen molar-refractivity contribution in [2.24, 2.45) is 10.2 Å². The van der Waals surface area contributed by atoms with E-state index >= 15 is 0 Å². The topological polar surface area (TPSA) is 90.2 Å². The lowest BCUT2D eigenvalue weighted by Gasteiger charge is -2.21. The van der Waals surface area contributed by atoms with Gasteiger partial charge in [0.15, 0.2) is 0 Å². The number of hydrogen-bond acceptors (Lipinski definition) is 7. The molecular weight excluding hydrogens is 517 g/mol. The molecule has 1 aromatic heterocycles. The summed E-state index contributed by atoms with van der Waals surface area (Å²) in [4.78, 5) is 17.2. The number of amides is 1. The second kappa shape index (κ2) is 10.5. The molecule has 5 rings (SSSR count). The van der Waals surface area contributed by atoms with Crippen molar-refractivity contribution >= 4 is 57.5 Å². The molecule has 0 spiro atoms. The quantitative estimate of drug-likeness (QED) is 0.224. The van der Waals surface area contributed by atoms with Crippen molar-refractivity contribution < 1.29 is 9.90 Å². The van der Waals surface area contributed by atoms with Gasteiger partial charge in [-0.3, -0.25) is 4.79 Å². The fourth-order valence-electron chi connectivity index (χ4n) is 3.75. The van der Waals surface area contributed by atoms with E-state index in [1.165, 1.54) is 23.6 Å². The third-order valence-corrected chi connectivity index (χ3v) is 6.87. The van der Waals surface area contributed by atoms with E-state index in [0.29, 0.717) is 27.2 Å². The van der Waals surface area contributed by atoms with Gasteiger partial charge in [-0.1, -0.05) is 65.7 Å². The summed E-state index contributed by atoms with van der Waals surface area (Å²) in [7, 11) is 0. The molecule has 0 saturated heterocycles. The number of carbonyl (C=O) groups is 1. The number of aromatic hydroxyl groups is 1. The Labute approximate surface area is 221 Å². The summed E-state index contributed by atoms with van der Waals surface area (Å²) in [6.45, 7) is 0. The zero-order valence-corrected chi connectivity index (χ0v) is 21.0. The van der Waals surface area contributed by atoms with Crippen LogP contribution in [0.2, 0.25) is 10.0 Å². The van der Waals surface area contributed by atoms with Crippen LogP contribution in [0.15, 0.2) is 88.4 Å². The molecule has 10 heteroatoms. The van der Waals surface area contributed by atoms with E-state index in [2.05, 4.69) is 15.5 Å². The van der Waals surface area contributed by atoms with Crippen molar-refractivity contribution in [1.82, 2.24) is 10.4 Å². The SMILES string of the molecule is O=C(NN=Cc1ccc(Cl)cc1O)c1csc(N2N=C(c3ccccc3)CC2c2ccc(Cl)cc2)n1. The van der Waals surface area contributed by atoms with Gasteiger partial charge in [0.2, 0.25) is 5.13 Å². The Morgan fingerprint density at radius 3 is 2.58 bits per heavy atom. The summed E-state index contributed by atoms with van der Waals surface area (Å²) < 4.78 is 0. The number of thiazole rings is 1. The number of rotatable bonds is 6. The Balaban J connectivity index is 1.37. The van der Waals surface area contributed by atoms with Gasteiger partial charge >= 0.3 is 0 Å². The average molecular weight is 536 g/mol. The molecule has 180 valence electrons. The molecular formula is C26H19Cl2N5O2S. The molecule has 1 amide bonds. The molecule has 1 aliphatic heterocycles. The van der Waals surface area contributed by atoms with Gasteiger partial charge in [0.1, 0.15) is 11.4 Å². The minimum absolute atomic E-state index is 0.0363. The fourth-order valence-corrected chi connectivity index (χ4v) is 4.85. The van der Waals surface area contributed by atoms with Crippen LogP contribution in [0.5, 0.6) is 5.75 Å². The van der Waals surface area contributed by atoms with E-state index in [9.17, 15) is 9.90 Å². The molecule has 7 nitrogen and oxygen atoms in total. The molecule has 2 N–H and O–H groups in total. The largest absolute Gasteiger partial charge is 0.507 e. The highest BCUT2D eigenvalue weighted by Gasteiger charge is 2.32. The predicted molar refractivity (Wildman–Crippen MR) is 145 cm³/mol. The van der Waals surface area contributed by atoms with Gasteiger partial charge in [0, 0.05) is 27.4 Å². The smallest absolute Gasteiger partial charge is 0.290 e. The Hall–Kier alpha value is -3.72. The van der Waals surface area contributed by atoms with Crippen LogP contribution in [0.1, 0.15) is 39.6 Å². The van der Waals surface area contributed by atoms with Gasteiger partial charge in [-0.25, -0.2) is 15.4 Å². The molecule has 4 aromatic rings. The zero-order valence-electron chi connectivity index (χ0n) is 18.7. The maximum absolute atomic E-state index is 12.6. The Morgan fingerprint density at radius 2 is 1.83 bits per heavy atom. The van der Waals surface area contributed by atoms with Crippen molar-refractivity contribution in [2.75, 3.05) is 5.01 Å². The molecule has 1 atom stereocenters. The first kappa shape index (κ1) is 24.0. The van der Waals surface area contributed by atoms with Gasteiger partial charge in [0.05, 0.1) is 18.0 Å². The van der Waals surface area contributed by atoms with Crippen molar-refractivity contribution in [1.29, 1.82) is 0 Å². The van der Waals surface area contributed by atoms with Gasteiger partial charge in [-0.15, -0.1) is 11.3 Å². The van der Waals surface area contributed by atoms with E-state index in [4.69, 9.17) is 28.3 Å². The molecule has 0 fully saturated rings. The number of nitrogens with one attached hydrogen (secondary N) is 1. The third kappa shape index (κ3) is 5.26. The third-order valence-electron chi connectivity index (χ3n) is 5.56. The number of nitrogens with zero attached hydrogens (tertiary/aromatic N) is 4. The van der Waals surface area contributed by atoms with E-state index < -0.39 is 5.91 Å². The van der Waals surface area contributed by atoms with Gasteiger partial charge in [-0.05, 0) is 41.5 Å². The maximum atomic E-state index is 12.6. The van der Waals surface area contributed by atoms with E-state index in [-0.39, 0.29) is 17.5 Å². The van der Waals surface area contributed by atoms with Crippen LogP contribution in [0, 0.1) is 0 Å². The number of carbonyl (C=O) groups excluding carboxylic acids is 1. The van der Waals surface area contributed by atoms with Gasteiger partial charge in [0.25, 0.3) is 5.91 Å². The van der Waals surface area contributed by atoms with Crippen LogP contribution >= 0.6 is 34.5 Å². The van der Waals surface area contributed by atoms with Crippen LogP contribution in [-0.4, -0.2) is 27.9 Å². The number of aromatic nitrogens is 1. The van der Waals surface area contributed by atoms with Crippen molar-refractivity contribution in [3.8, 4) is 5.75 Å². The number of halogens is 2. The number of phenolic OH excluding ortho intramolecular Hbond substituents is 1. The van der Waals surface area contributed by atoms with E-state index in [1.807, 2.05) is 59.6 Å². The van der Waals surface area contributed by atoms with Crippen LogP contribution in [-0.2, 0) is 0 Å². The summed E-state index contributed by atoms with van der Waals surface area (Å²) in [5.74, 6) is -0.512. The minimum Gasteiger partial charge on any atom is -0.507 e. The first-order chi connectivity index (χ1) is 17.5. The molecule has 1 unspecified atom stereocenters. The predicted octanol–water partition coefficient (Wildman–Crippen LogP) is 6.28. The number of benzene rings is 3. The second-order valence-corrected chi connectivity index (χ2v) is 9.66. The number of hydrazone groups is 2. The summed E-state index contributed by atoms with van der Waals surface area (Å²) in [5.41, 5.74) is 6.09. The summed E-state index contributed by atoms with van der Waals surface area (Å²) in [6, 6.07) is 22.2. The maximum Gasteiger partial charge on any atom is 0.290 e. The molecule has 1 aliphatic rings.